The second kappa shape index (κ2) is 6.15. The van der Waals surface area contributed by atoms with Crippen molar-refractivity contribution in [3.8, 4) is 0 Å². The summed E-state index contributed by atoms with van der Waals surface area (Å²) in [4.78, 5) is 8.90. The largest absolute Gasteiger partial charge is 0.340 e. The van der Waals surface area contributed by atoms with Crippen LogP contribution < -0.4 is 0 Å². The molecule has 0 N–H and O–H groups in total. The SMILES string of the molecule is Cc1nc(CCn2c(CCCl)nc3cc(Br)ccc32)no1. The highest BCUT2D eigenvalue weighted by molar-refractivity contribution is 9.10. The lowest BCUT2D eigenvalue weighted by atomic mass is 10.3. The fourth-order valence-corrected chi connectivity index (χ4v) is 2.85. The number of alkyl halides is 1. The molecule has 0 aliphatic carbocycles. The zero-order valence-electron chi connectivity index (χ0n) is 11.5. The van der Waals surface area contributed by atoms with E-state index in [2.05, 4.69) is 41.7 Å². The molecule has 21 heavy (non-hydrogen) atoms. The third kappa shape index (κ3) is 3.11. The Balaban J connectivity index is 1.92. The molecule has 0 aliphatic heterocycles. The second-order valence-corrected chi connectivity index (χ2v) is 6.02. The molecule has 0 fully saturated rings. The highest BCUT2D eigenvalue weighted by Gasteiger charge is 2.12. The lowest BCUT2D eigenvalue weighted by molar-refractivity contribution is 0.386. The number of nitrogens with zero attached hydrogens (tertiary/aromatic N) is 4. The minimum Gasteiger partial charge on any atom is -0.340 e. The van der Waals surface area contributed by atoms with Crippen LogP contribution >= 0.6 is 27.5 Å². The van der Waals surface area contributed by atoms with Crippen molar-refractivity contribution in [3.05, 3.63) is 40.2 Å². The number of benzene rings is 1. The maximum absolute atomic E-state index is 5.89. The number of aryl methyl sites for hydroxylation is 4. The van der Waals surface area contributed by atoms with Gasteiger partial charge in [-0.05, 0) is 18.2 Å². The summed E-state index contributed by atoms with van der Waals surface area (Å²) >= 11 is 9.36. The summed E-state index contributed by atoms with van der Waals surface area (Å²) in [6, 6.07) is 6.09. The molecule has 0 unspecified atom stereocenters. The Kier molecular flexibility index (Phi) is 4.26. The van der Waals surface area contributed by atoms with Gasteiger partial charge in [0.25, 0.3) is 0 Å². The summed E-state index contributed by atoms with van der Waals surface area (Å²) in [7, 11) is 0. The fourth-order valence-electron chi connectivity index (χ4n) is 2.33. The number of hydrogen-bond acceptors (Lipinski definition) is 4. The quantitative estimate of drug-likeness (QED) is 0.646. The van der Waals surface area contributed by atoms with Crippen molar-refractivity contribution in [1.82, 2.24) is 19.7 Å². The van der Waals surface area contributed by atoms with Crippen molar-refractivity contribution in [3.63, 3.8) is 0 Å². The van der Waals surface area contributed by atoms with Gasteiger partial charge in [0.05, 0.1) is 11.0 Å². The van der Waals surface area contributed by atoms with Crippen molar-refractivity contribution in [2.45, 2.75) is 26.3 Å². The first kappa shape index (κ1) is 14.5. The Morgan fingerprint density at radius 3 is 2.86 bits per heavy atom. The van der Waals surface area contributed by atoms with Crippen LogP contribution in [-0.4, -0.2) is 25.6 Å². The molecule has 1 aromatic carbocycles. The summed E-state index contributed by atoms with van der Waals surface area (Å²) in [5.74, 6) is 2.83. The van der Waals surface area contributed by atoms with Gasteiger partial charge in [-0.1, -0.05) is 21.1 Å². The Bertz CT molecular complexity index is 768. The molecule has 3 aromatic rings. The van der Waals surface area contributed by atoms with Crippen LogP contribution in [0.2, 0.25) is 0 Å². The maximum Gasteiger partial charge on any atom is 0.223 e. The van der Waals surface area contributed by atoms with E-state index in [1.54, 1.807) is 6.92 Å². The van der Waals surface area contributed by atoms with Gasteiger partial charge >= 0.3 is 0 Å². The minimum absolute atomic E-state index is 0.547. The van der Waals surface area contributed by atoms with Crippen molar-refractivity contribution in [2.75, 3.05) is 5.88 Å². The molecule has 5 nitrogen and oxygen atoms in total. The van der Waals surface area contributed by atoms with Gasteiger partial charge in [-0.15, -0.1) is 11.6 Å². The van der Waals surface area contributed by atoms with E-state index in [1.165, 1.54) is 0 Å². The first-order valence-electron chi connectivity index (χ1n) is 6.67. The Hall–Kier alpha value is -1.40. The van der Waals surface area contributed by atoms with Crippen LogP contribution in [0.3, 0.4) is 0 Å². The van der Waals surface area contributed by atoms with Gasteiger partial charge in [0.15, 0.2) is 5.82 Å². The molecular formula is C14H14BrClN4O. The Morgan fingerprint density at radius 2 is 2.14 bits per heavy atom. The molecule has 0 aliphatic rings. The number of rotatable bonds is 5. The Morgan fingerprint density at radius 1 is 1.29 bits per heavy atom. The van der Waals surface area contributed by atoms with Gasteiger partial charge in [-0.2, -0.15) is 4.98 Å². The summed E-state index contributed by atoms with van der Waals surface area (Å²) in [6.45, 7) is 2.54. The van der Waals surface area contributed by atoms with Crippen molar-refractivity contribution in [1.29, 1.82) is 0 Å². The molecule has 110 valence electrons. The highest BCUT2D eigenvalue weighted by atomic mass is 79.9. The monoisotopic (exact) mass is 368 g/mol. The van der Waals surface area contributed by atoms with E-state index in [0.29, 0.717) is 24.0 Å². The van der Waals surface area contributed by atoms with Crippen molar-refractivity contribution >= 4 is 38.6 Å². The fraction of sp³-hybridized carbons (Fsp3) is 0.357. The van der Waals surface area contributed by atoms with Crippen molar-refractivity contribution < 1.29 is 4.52 Å². The van der Waals surface area contributed by atoms with Crippen LogP contribution in [0.1, 0.15) is 17.5 Å². The molecule has 0 bridgehead atoms. The first-order valence-corrected chi connectivity index (χ1v) is 8.00. The van der Waals surface area contributed by atoms with Crippen LogP contribution in [0.4, 0.5) is 0 Å². The third-order valence-corrected chi connectivity index (χ3v) is 3.92. The standard InChI is InChI=1S/C14H14BrClN4O/c1-9-17-13(19-21-9)5-7-20-12-3-2-10(15)8-11(12)18-14(20)4-6-16/h2-3,8H,4-7H2,1H3. The van der Waals surface area contributed by atoms with Crippen LogP contribution in [-0.2, 0) is 19.4 Å². The normalized spacial score (nSPS) is 11.4. The molecule has 2 heterocycles. The molecule has 0 radical (unpaired) electrons. The molecule has 7 heteroatoms. The first-order chi connectivity index (χ1) is 10.2. The number of aromatic nitrogens is 4. The number of imidazole rings is 1. The van der Waals surface area contributed by atoms with E-state index in [-0.39, 0.29) is 0 Å². The van der Waals surface area contributed by atoms with E-state index in [9.17, 15) is 0 Å². The zero-order valence-corrected chi connectivity index (χ0v) is 13.9. The summed E-state index contributed by atoms with van der Waals surface area (Å²) in [5.41, 5.74) is 2.06. The predicted molar refractivity (Wildman–Crippen MR) is 84.6 cm³/mol. The number of hydrogen-bond donors (Lipinski definition) is 0. The van der Waals surface area contributed by atoms with E-state index in [0.717, 1.165) is 34.3 Å². The van der Waals surface area contributed by atoms with Gasteiger partial charge in [0.1, 0.15) is 5.82 Å². The summed E-state index contributed by atoms with van der Waals surface area (Å²) in [5, 5.41) is 3.93. The van der Waals surface area contributed by atoms with Crippen LogP contribution in [0.25, 0.3) is 11.0 Å². The molecule has 0 amide bonds. The maximum atomic E-state index is 5.89. The van der Waals surface area contributed by atoms with Gasteiger partial charge in [-0.25, -0.2) is 4.98 Å². The topological polar surface area (TPSA) is 56.7 Å². The van der Waals surface area contributed by atoms with Crippen LogP contribution in [0, 0.1) is 6.92 Å². The average Bonchev–Trinajstić information content (AvgIpc) is 3.00. The van der Waals surface area contributed by atoms with Gasteiger partial charge in [-0.3, -0.25) is 0 Å². The van der Waals surface area contributed by atoms with Crippen LogP contribution in [0.15, 0.2) is 27.2 Å². The molecule has 0 saturated carbocycles. The summed E-state index contributed by atoms with van der Waals surface area (Å²) < 4.78 is 8.20. The summed E-state index contributed by atoms with van der Waals surface area (Å²) in [6.07, 6.45) is 1.44. The second-order valence-electron chi connectivity index (χ2n) is 4.73. The predicted octanol–water partition coefficient (Wildman–Crippen LogP) is 3.51. The van der Waals surface area contributed by atoms with E-state index in [1.807, 2.05) is 12.1 Å². The van der Waals surface area contributed by atoms with Crippen molar-refractivity contribution in [2.24, 2.45) is 0 Å². The number of halogens is 2. The minimum atomic E-state index is 0.547. The molecule has 2 aromatic heterocycles. The smallest absolute Gasteiger partial charge is 0.223 e. The van der Waals surface area contributed by atoms with Gasteiger partial charge in [0.2, 0.25) is 5.89 Å². The van der Waals surface area contributed by atoms with Gasteiger partial charge < -0.3 is 9.09 Å². The highest BCUT2D eigenvalue weighted by Crippen LogP contribution is 2.22. The third-order valence-electron chi connectivity index (χ3n) is 3.24. The molecule has 0 saturated heterocycles. The molecule has 0 atom stereocenters. The zero-order chi connectivity index (χ0) is 14.8. The molecule has 3 rings (SSSR count). The van der Waals surface area contributed by atoms with E-state index in [4.69, 9.17) is 16.1 Å². The van der Waals surface area contributed by atoms with E-state index < -0.39 is 0 Å². The van der Waals surface area contributed by atoms with E-state index >= 15 is 0 Å². The number of fused-ring (bicyclic) bond motifs is 1. The molecule has 0 spiro atoms. The van der Waals surface area contributed by atoms with Crippen LogP contribution in [0.5, 0.6) is 0 Å². The Labute approximate surface area is 135 Å². The van der Waals surface area contributed by atoms with Gasteiger partial charge in [0, 0.05) is 36.7 Å². The average molecular weight is 370 g/mol. The lowest BCUT2D eigenvalue weighted by Gasteiger charge is -2.06. The lowest BCUT2D eigenvalue weighted by Crippen LogP contribution is -2.07. The molecular weight excluding hydrogens is 356 g/mol.